The number of aliphatic hydroxyl groups is 1. The molecule has 0 spiro atoms. The van der Waals surface area contributed by atoms with Crippen LogP contribution < -0.4 is 10.1 Å². The van der Waals surface area contributed by atoms with Crippen LogP contribution in [0.5, 0.6) is 5.75 Å². The highest BCUT2D eigenvalue weighted by molar-refractivity contribution is 7.15. The van der Waals surface area contributed by atoms with E-state index < -0.39 is 6.61 Å². The van der Waals surface area contributed by atoms with Crippen LogP contribution in [0.15, 0.2) is 16.5 Å². The summed E-state index contributed by atoms with van der Waals surface area (Å²) >= 11 is 1.71. The molecule has 0 fully saturated rings. The zero-order chi connectivity index (χ0) is 24.1. The van der Waals surface area contributed by atoms with Gasteiger partial charge in [-0.15, -0.1) is 21.5 Å². The summed E-state index contributed by atoms with van der Waals surface area (Å²) < 4.78 is 12.0. The molecule has 0 aliphatic heterocycles. The molecule has 8 heteroatoms. The molecule has 2 aromatic heterocycles. The Morgan fingerprint density at radius 1 is 1.15 bits per heavy atom. The first-order chi connectivity index (χ1) is 15.7. The van der Waals surface area contributed by atoms with E-state index in [4.69, 9.17) is 14.3 Å². The number of ether oxygens (including phenoxy) is 1. The maximum Gasteiger partial charge on any atom is 0.258 e. The number of rotatable bonds is 10. The first-order valence-corrected chi connectivity index (χ1v) is 12.1. The second-order valence-electron chi connectivity index (χ2n) is 8.75. The van der Waals surface area contributed by atoms with Crippen LogP contribution in [0, 0.1) is 33.6 Å². The average Bonchev–Trinajstić information content (AvgIpc) is 3.35. The van der Waals surface area contributed by atoms with Crippen LogP contribution in [-0.2, 0) is 11.2 Å². The Labute approximate surface area is 199 Å². The largest absolute Gasteiger partial charge is 0.493 e. The molecule has 33 heavy (non-hydrogen) atoms. The summed E-state index contributed by atoms with van der Waals surface area (Å²) in [5.74, 6) is 2.08. The van der Waals surface area contributed by atoms with E-state index in [0.29, 0.717) is 37.3 Å². The summed E-state index contributed by atoms with van der Waals surface area (Å²) in [4.78, 5) is 13.4. The summed E-state index contributed by atoms with van der Waals surface area (Å²) in [6.07, 6.45) is 1.70. The Morgan fingerprint density at radius 2 is 1.82 bits per heavy atom. The van der Waals surface area contributed by atoms with Crippen molar-refractivity contribution in [3.63, 3.8) is 0 Å². The topological polar surface area (TPSA) is 97.5 Å². The van der Waals surface area contributed by atoms with Crippen molar-refractivity contribution in [3.8, 4) is 28.0 Å². The Morgan fingerprint density at radius 3 is 2.45 bits per heavy atom. The summed E-state index contributed by atoms with van der Waals surface area (Å²) in [5, 5.41) is 20.0. The number of carbonyl (C=O) groups excluding carboxylic acids is 1. The number of carbonyl (C=O) groups is 1. The molecule has 0 radical (unpaired) electrons. The van der Waals surface area contributed by atoms with Crippen molar-refractivity contribution in [2.75, 3.05) is 19.8 Å². The highest BCUT2D eigenvalue weighted by Gasteiger charge is 2.20. The third-order valence-corrected chi connectivity index (χ3v) is 6.68. The molecule has 1 amide bonds. The molecule has 178 valence electrons. The van der Waals surface area contributed by atoms with Crippen LogP contribution in [0.25, 0.3) is 22.2 Å². The van der Waals surface area contributed by atoms with Crippen LogP contribution in [-0.4, -0.2) is 41.0 Å². The van der Waals surface area contributed by atoms with E-state index in [1.807, 2.05) is 26.0 Å². The first-order valence-electron chi connectivity index (χ1n) is 11.3. The van der Waals surface area contributed by atoms with E-state index in [0.717, 1.165) is 33.7 Å². The van der Waals surface area contributed by atoms with E-state index in [1.165, 1.54) is 16.0 Å². The molecule has 0 bridgehead atoms. The highest BCUT2D eigenvalue weighted by Crippen LogP contribution is 2.38. The minimum atomic E-state index is -0.497. The SMILES string of the molecule is Cc1cc(-c2nnc(-c3sc(C)c(CC(C)C)c3C)o2)cc(C)c1OCCCNC(=O)CO. The second-order valence-corrected chi connectivity index (χ2v) is 9.98. The maximum atomic E-state index is 11.1. The van der Waals surface area contributed by atoms with Gasteiger partial charge < -0.3 is 19.6 Å². The number of benzene rings is 1. The zero-order valence-electron chi connectivity index (χ0n) is 20.2. The third-order valence-electron chi connectivity index (χ3n) is 5.45. The minimum absolute atomic E-state index is 0.380. The van der Waals surface area contributed by atoms with Gasteiger partial charge in [0.05, 0.1) is 11.5 Å². The van der Waals surface area contributed by atoms with Crippen molar-refractivity contribution in [1.29, 1.82) is 0 Å². The van der Waals surface area contributed by atoms with Gasteiger partial charge in [-0.05, 0) is 80.8 Å². The molecule has 2 N–H and O–H groups in total. The van der Waals surface area contributed by atoms with E-state index in [2.05, 4.69) is 43.2 Å². The normalized spacial score (nSPS) is 11.3. The number of aromatic nitrogens is 2. The van der Waals surface area contributed by atoms with Crippen LogP contribution in [0.3, 0.4) is 0 Å². The van der Waals surface area contributed by atoms with Crippen LogP contribution >= 0.6 is 11.3 Å². The van der Waals surface area contributed by atoms with Gasteiger partial charge in [0.15, 0.2) is 0 Å². The number of hydrogen-bond acceptors (Lipinski definition) is 7. The molecule has 0 unspecified atom stereocenters. The van der Waals surface area contributed by atoms with Crippen LogP contribution in [0.4, 0.5) is 0 Å². The second kappa shape index (κ2) is 10.9. The number of amides is 1. The lowest BCUT2D eigenvalue weighted by Crippen LogP contribution is -2.28. The molecular weight excluding hydrogens is 438 g/mol. The number of aryl methyl sites for hydroxylation is 3. The molecule has 2 heterocycles. The van der Waals surface area contributed by atoms with Gasteiger partial charge in [-0.1, -0.05) is 13.8 Å². The fraction of sp³-hybridized carbons (Fsp3) is 0.480. The summed E-state index contributed by atoms with van der Waals surface area (Å²) in [5.41, 5.74) is 5.43. The fourth-order valence-corrected chi connectivity index (χ4v) is 4.98. The van der Waals surface area contributed by atoms with Gasteiger partial charge in [-0.2, -0.15) is 0 Å². The van der Waals surface area contributed by atoms with Crippen molar-refractivity contribution in [2.24, 2.45) is 5.92 Å². The monoisotopic (exact) mass is 471 g/mol. The molecule has 3 rings (SSSR count). The zero-order valence-corrected chi connectivity index (χ0v) is 21.1. The Kier molecular flexibility index (Phi) is 8.26. The van der Waals surface area contributed by atoms with Crippen molar-refractivity contribution in [1.82, 2.24) is 15.5 Å². The number of hydrogen-bond donors (Lipinski definition) is 2. The Hall–Kier alpha value is -2.71. The quantitative estimate of drug-likeness (QED) is 0.413. The summed E-state index contributed by atoms with van der Waals surface area (Å²) in [7, 11) is 0. The number of nitrogens with one attached hydrogen (secondary N) is 1. The van der Waals surface area contributed by atoms with Gasteiger partial charge in [0, 0.05) is 17.0 Å². The van der Waals surface area contributed by atoms with Gasteiger partial charge in [-0.25, -0.2) is 0 Å². The van der Waals surface area contributed by atoms with Crippen molar-refractivity contribution in [2.45, 2.75) is 54.4 Å². The fourth-order valence-electron chi connectivity index (χ4n) is 3.86. The van der Waals surface area contributed by atoms with Gasteiger partial charge in [0.25, 0.3) is 5.89 Å². The summed E-state index contributed by atoms with van der Waals surface area (Å²) in [6, 6.07) is 3.98. The molecule has 1 aromatic carbocycles. The smallest absolute Gasteiger partial charge is 0.258 e. The number of thiophene rings is 1. The number of aliphatic hydroxyl groups excluding tert-OH is 1. The van der Waals surface area contributed by atoms with Crippen molar-refractivity contribution in [3.05, 3.63) is 39.3 Å². The van der Waals surface area contributed by atoms with E-state index in [-0.39, 0.29) is 5.91 Å². The van der Waals surface area contributed by atoms with Gasteiger partial charge >= 0.3 is 0 Å². The van der Waals surface area contributed by atoms with E-state index in [1.54, 1.807) is 11.3 Å². The molecule has 0 saturated heterocycles. The molecule has 0 saturated carbocycles. The number of nitrogens with zero attached hydrogens (tertiary/aromatic N) is 2. The van der Waals surface area contributed by atoms with E-state index >= 15 is 0 Å². The van der Waals surface area contributed by atoms with E-state index in [9.17, 15) is 4.79 Å². The summed E-state index contributed by atoms with van der Waals surface area (Å²) in [6.45, 7) is 13.2. The maximum absolute atomic E-state index is 11.1. The third kappa shape index (κ3) is 6.00. The van der Waals surface area contributed by atoms with Gasteiger partial charge in [-0.3, -0.25) is 4.79 Å². The lowest BCUT2D eigenvalue weighted by Gasteiger charge is -2.13. The predicted molar refractivity (Wildman–Crippen MR) is 131 cm³/mol. The minimum Gasteiger partial charge on any atom is -0.493 e. The van der Waals surface area contributed by atoms with Crippen molar-refractivity contribution < 1.29 is 19.1 Å². The van der Waals surface area contributed by atoms with Crippen LogP contribution in [0.1, 0.15) is 47.4 Å². The van der Waals surface area contributed by atoms with Crippen molar-refractivity contribution >= 4 is 17.2 Å². The first kappa shape index (κ1) is 24.9. The molecule has 3 aromatic rings. The van der Waals surface area contributed by atoms with Gasteiger partial charge in [0.2, 0.25) is 11.8 Å². The Bertz CT molecular complexity index is 1090. The molecule has 0 aliphatic rings. The highest BCUT2D eigenvalue weighted by atomic mass is 32.1. The molecule has 0 atom stereocenters. The molecule has 0 aliphatic carbocycles. The Balaban J connectivity index is 1.73. The molecular formula is C25H33N3O4S. The predicted octanol–water partition coefficient (Wildman–Crippen LogP) is 4.77. The van der Waals surface area contributed by atoms with Gasteiger partial charge in [0.1, 0.15) is 12.4 Å². The lowest BCUT2D eigenvalue weighted by molar-refractivity contribution is -0.123. The lowest BCUT2D eigenvalue weighted by atomic mass is 9.99. The standard InChI is InChI=1S/C25H33N3O4S/c1-14(2)10-20-17(5)23(33-18(20)6)25-28-27-24(32-25)19-11-15(3)22(16(4)12-19)31-9-7-8-26-21(30)13-29/h11-12,14,29H,7-10,13H2,1-6H3,(H,26,30). The van der Waals surface area contributed by atoms with Crippen LogP contribution in [0.2, 0.25) is 0 Å². The average molecular weight is 472 g/mol. The molecule has 7 nitrogen and oxygen atoms in total.